The molecule has 0 bridgehead atoms. The minimum atomic E-state index is -0.251. The van der Waals surface area contributed by atoms with Gasteiger partial charge in [-0.05, 0) is 28.1 Å². The first-order valence-corrected chi connectivity index (χ1v) is 8.74. The van der Waals surface area contributed by atoms with Crippen LogP contribution >= 0.6 is 27.3 Å². The molecule has 23 heavy (non-hydrogen) atoms. The Morgan fingerprint density at radius 3 is 2.39 bits per heavy atom. The zero-order valence-corrected chi connectivity index (χ0v) is 15.2. The van der Waals surface area contributed by atoms with Gasteiger partial charge in [0.2, 0.25) is 16.9 Å². The average Bonchev–Trinajstić information content (AvgIpc) is 2.96. The SMILES string of the molecule is CC(C)c1nnc(NC(=O)CCC(=O)Nc2ccccc2Br)s1. The van der Waals surface area contributed by atoms with Crippen molar-refractivity contribution in [2.45, 2.75) is 32.6 Å². The van der Waals surface area contributed by atoms with Gasteiger partial charge in [-0.1, -0.05) is 37.3 Å². The fraction of sp³-hybridized carbons (Fsp3) is 0.333. The van der Waals surface area contributed by atoms with Crippen molar-refractivity contribution in [1.82, 2.24) is 10.2 Å². The summed E-state index contributed by atoms with van der Waals surface area (Å²) >= 11 is 4.70. The van der Waals surface area contributed by atoms with Crippen molar-refractivity contribution >= 4 is 49.9 Å². The lowest BCUT2D eigenvalue weighted by Crippen LogP contribution is -2.17. The highest BCUT2D eigenvalue weighted by Gasteiger charge is 2.12. The molecule has 6 nitrogen and oxygen atoms in total. The van der Waals surface area contributed by atoms with E-state index in [1.807, 2.05) is 32.0 Å². The molecule has 0 spiro atoms. The largest absolute Gasteiger partial charge is 0.325 e. The van der Waals surface area contributed by atoms with E-state index >= 15 is 0 Å². The molecule has 2 amide bonds. The van der Waals surface area contributed by atoms with Crippen molar-refractivity contribution in [3.05, 3.63) is 33.7 Å². The Balaban J connectivity index is 1.79. The monoisotopic (exact) mass is 396 g/mol. The van der Waals surface area contributed by atoms with Crippen LogP contribution in [0.5, 0.6) is 0 Å². The van der Waals surface area contributed by atoms with Crippen LogP contribution in [0.3, 0.4) is 0 Å². The van der Waals surface area contributed by atoms with Gasteiger partial charge in [0.05, 0.1) is 5.69 Å². The van der Waals surface area contributed by atoms with Crippen LogP contribution in [-0.4, -0.2) is 22.0 Å². The lowest BCUT2D eigenvalue weighted by molar-refractivity contribution is -0.121. The second kappa shape index (κ2) is 8.16. The molecule has 0 atom stereocenters. The molecule has 0 aliphatic rings. The summed E-state index contributed by atoms with van der Waals surface area (Å²) in [5, 5.41) is 14.7. The van der Waals surface area contributed by atoms with E-state index in [4.69, 9.17) is 0 Å². The Morgan fingerprint density at radius 1 is 1.13 bits per heavy atom. The Hall–Kier alpha value is -1.80. The van der Waals surface area contributed by atoms with Crippen molar-refractivity contribution in [1.29, 1.82) is 0 Å². The van der Waals surface area contributed by atoms with Crippen molar-refractivity contribution in [2.75, 3.05) is 10.6 Å². The Labute approximate surface area is 146 Å². The number of halogens is 1. The molecule has 0 unspecified atom stereocenters. The molecule has 0 saturated carbocycles. The van der Waals surface area contributed by atoms with Crippen LogP contribution in [0, 0.1) is 0 Å². The Morgan fingerprint density at radius 2 is 1.78 bits per heavy atom. The lowest BCUT2D eigenvalue weighted by atomic mass is 10.2. The first-order valence-electron chi connectivity index (χ1n) is 7.13. The van der Waals surface area contributed by atoms with E-state index in [0.29, 0.717) is 10.8 Å². The number of rotatable bonds is 6. The number of nitrogens with one attached hydrogen (secondary N) is 2. The average molecular weight is 397 g/mol. The third-order valence-corrected chi connectivity index (χ3v) is 4.74. The summed E-state index contributed by atoms with van der Waals surface area (Å²) in [6.07, 6.45) is 0.190. The van der Waals surface area contributed by atoms with Gasteiger partial charge in [0, 0.05) is 23.2 Å². The molecule has 0 fully saturated rings. The molecule has 0 saturated heterocycles. The number of benzene rings is 1. The Bertz CT molecular complexity index is 702. The highest BCUT2D eigenvalue weighted by Crippen LogP contribution is 2.23. The molecule has 1 aromatic heterocycles. The van der Waals surface area contributed by atoms with Crippen molar-refractivity contribution < 1.29 is 9.59 Å². The summed E-state index contributed by atoms with van der Waals surface area (Å²) in [4.78, 5) is 23.7. The lowest BCUT2D eigenvalue weighted by Gasteiger charge is -2.06. The van der Waals surface area contributed by atoms with Gasteiger partial charge in [-0.15, -0.1) is 10.2 Å². The maximum atomic E-state index is 11.9. The summed E-state index contributed by atoms with van der Waals surface area (Å²) in [6.45, 7) is 4.02. The third-order valence-electron chi connectivity index (χ3n) is 2.91. The highest BCUT2D eigenvalue weighted by atomic mass is 79.9. The van der Waals surface area contributed by atoms with E-state index in [2.05, 4.69) is 36.8 Å². The maximum Gasteiger partial charge on any atom is 0.226 e. The molecule has 8 heteroatoms. The van der Waals surface area contributed by atoms with Crippen LogP contribution in [0.2, 0.25) is 0 Å². The second-order valence-electron chi connectivity index (χ2n) is 5.18. The van der Waals surface area contributed by atoms with Crippen LogP contribution in [0.4, 0.5) is 10.8 Å². The zero-order chi connectivity index (χ0) is 16.8. The maximum absolute atomic E-state index is 11.9. The van der Waals surface area contributed by atoms with Gasteiger partial charge in [-0.25, -0.2) is 0 Å². The number of amides is 2. The third kappa shape index (κ3) is 5.40. The van der Waals surface area contributed by atoms with Gasteiger partial charge in [0.1, 0.15) is 5.01 Å². The number of para-hydroxylation sites is 1. The Kier molecular flexibility index (Phi) is 6.23. The summed E-state index contributed by atoms with van der Waals surface area (Å²) < 4.78 is 0.799. The number of nitrogens with zero attached hydrogens (tertiary/aromatic N) is 2. The zero-order valence-electron chi connectivity index (χ0n) is 12.8. The molecule has 2 N–H and O–H groups in total. The van der Waals surface area contributed by atoms with E-state index < -0.39 is 0 Å². The topological polar surface area (TPSA) is 84.0 Å². The van der Waals surface area contributed by atoms with Gasteiger partial charge in [0.25, 0.3) is 0 Å². The summed E-state index contributed by atoms with van der Waals surface area (Å²) in [6, 6.07) is 7.32. The van der Waals surface area contributed by atoms with Crippen LogP contribution in [0.1, 0.15) is 37.6 Å². The minimum Gasteiger partial charge on any atom is -0.325 e. The number of aromatic nitrogens is 2. The second-order valence-corrected chi connectivity index (χ2v) is 7.04. The fourth-order valence-electron chi connectivity index (χ4n) is 1.70. The molecule has 0 aliphatic heterocycles. The minimum absolute atomic E-state index is 0.0902. The van der Waals surface area contributed by atoms with E-state index in [1.165, 1.54) is 11.3 Å². The number of carbonyl (C=O) groups is 2. The summed E-state index contributed by atoms with van der Waals surface area (Å²) in [5.41, 5.74) is 0.684. The van der Waals surface area contributed by atoms with Crippen LogP contribution in [-0.2, 0) is 9.59 Å². The number of carbonyl (C=O) groups excluding carboxylic acids is 2. The number of anilines is 2. The van der Waals surface area contributed by atoms with E-state index in [-0.39, 0.29) is 30.6 Å². The molecular formula is C15H17BrN4O2S. The normalized spacial score (nSPS) is 10.6. The molecule has 0 aliphatic carbocycles. The standard InChI is InChI=1S/C15H17BrN4O2S/c1-9(2)14-19-20-15(23-14)18-13(22)8-7-12(21)17-11-6-4-3-5-10(11)16/h3-6,9H,7-8H2,1-2H3,(H,17,21)(H,18,20,22). The first kappa shape index (κ1) is 17.6. The predicted octanol–water partition coefficient (Wildman–Crippen LogP) is 3.78. The molecule has 1 heterocycles. The van der Waals surface area contributed by atoms with E-state index in [9.17, 15) is 9.59 Å². The summed E-state index contributed by atoms with van der Waals surface area (Å²) in [5.74, 6) is -0.195. The smallest absolute Gasteiger partial charge is 0.226 e. The fourth-order valence-corrected chi connectivity index (χ4v) is 2.85. The van der Waals surface area contributed by atoms with Crippen LogP contribution in [0.15, 0.2) is 28.7 Å². The summed E-state index contributed by atoms with van der Waals surface area (Å²) in [7, 11) is 0. The predicted molar refractivity (Wildman–Crippen MR) is 94.6 cm³/mol. The molecule has 2 rings (SSSR count). The van der Waals surface area contributed by atoms with E-state index in [1.54, 1.807) is 6.07 Å². The van der Waals surface area contributed by atoms with Gasteiger partial charge in [0.15, 0.2) is 0 Å². The van der Waals surface area contributed by atoms with E-state index in [0.717, 1.165) is 9.48 Å². The molecule has 122 valence electrons. The van der Waals surface area contributed by atoms with Crippen molar-refractivity contribution in [3.8, 4) is 0 Å². The molecule has 1 aromatic carbocycles. The quantitative estimate of drug-likeness (QED) is 0.777. The molecule has 2 aromatic rings. The van der Waals surface area contributed by atoms with Crippen LogP contribution in [0.25, 0.3) is 0 Å². The highest BCUT2D eigenvalue weighted by molar-refractivity contribution is 9.10. The van der Waals surface area contributed by atoms with Gasteiger partial charge >= 0.3 is 0 Å². The molecule has 0 radical (unpaired) electrons. The van der Waals surface area contributed by atoms with Gasteiger partial charge in [-0.3, -0.25) is 9.59 Å². The van der Waals surface area contributed by atoms with Crippen molar-refractivity contribution in [2.24, 2.45) is 0 Å². The number of hydrogen-bond acceptors (Lipinski definition) is 5. The van der Waals surface area contributed by atoms with Crippen molar-refractivity contribution in [3.63, 3.8) is 0 Å². The van der Waals surface area contributed by atoms with Gasteiger partial charge < -0.3 is 10.6 Å². The van der Waals surface area contributed by atoms with Gasteiger partial charge in [-0.2, -0.15) is 0 Å². The molecular weight excluding hydrogens is 380 g/mol. The first-order chi connectivity index (χ1) is 11.0. The van der Waals surface area contributed by atoms with Crippen LogP contribution < -0.4 is 10.6 Å². The number of hydrogen-bond donors (Lipinski definition) is 2.